The van der Waals surface area contributed by atoms with Crippen LogP contribution < -0.4 is 0 Å². The quantitative estimate of drug-likeness (QED) is 0.413. The van der Waals surface area contributed by atoms with Crippen LogP contribution in [0.25, 0.3) is 0 Å². The lowest BCUT2D eigenvalue weighted by Gasteiger charge is -2.10. The van der Waals surface area contributed by atoms with Gasteiger partial charge in [-0.1, -0.05) is 29.6 Å². The molecule has 2 heteroatoms. The van der Waals surface area contributed by atoms with Crippen LogP contribution in [0.1, 0.15) is 40.5 Å². The van der Waals surface area contributed by atoms with Gasteiger partial charge in [-0.3, -0.25) is 4.79 Å². The van der Waals surface area contributed by atoms with Gasteiger partial charge in [-0.05, 0) is 26.8 Å². The molecule has 0 heterocycles. The van der Waals surface area contributed by atoms with Gasteiger partial charge in [-0.15, -0.1) is 0 Å². The van der Waals surface area contributed by atoms with Crippen LogP contribution >= 0.6 is 0 Å². The maximum atomic E-state index is 10.9. The molecule has 0 aliphatic carbocycles. The van der Waals surface area contributed by atoms with Crippen molar-refractivity contribution in [3.05, 3.63) is 23.8 Å². The van der Waals surface area contributed by atoms with Gasteiger partial charge in [0.25, 0.3) is 0 Å². The summed E-state index contributed by atoms with van der Waals surface area (Å²) < 4.78 is 5.13. The maximum absolute atomic E-state index is 10.9. The van der Waals surface area contributed by atoms with Crippen LogP contribution in [0.3, 0.4) is 0 Å². The van der Waals surface area contributed by atoms with Gasteiger partial charge >= 0.3 is 5.97 Å². The Morgan fingerprint density at radius 3 is 2.38 bits per heavy atom. The van der Waals surface area contributed by atoms with Gasteiger partial charge in [-0.25, -0.2) is 0 Å². The molecular formula is C14H20O2. The van der Waals surface area contributed by atoms with E-state index in [0.717, 1.165) is 11.1 Å². The van der Waals surface area contributed by atoms with Gasteiger partial charge in [-0.2, -0.15) is 0 Å². The molecule has 0 amide bonds. The summed E-state index contributed by atoms with van der Waals surface area (Å²) in [5.74, 6) is 5.71. The molecule has 0 radical (unpaired) electrons. The van der Waals surface area contributed by atoms with Crippen molar-refractivity contribution in [1.82, 2.24) is 0 Å². The number of hydrogen-bond acceptors (Lipinski definition) is 2. The molecule has 0 aromatic heterocycles. The molecule has 0 aromatic carbocycles. The summed E-state index contributed by atoms with van der Waals surface area (Å²) in [5.41, 5.74) is 2.16. The second-order valence-electron chi connectivity index (χ2n) is 4.08. The van der Waals surface area contributed by atoms with Crippen LogP contribution in [0, 0.1) is 11.8 Å². The fraction of sp³-hybridized carbons (Fsp3) is 0.500. The van der Waals surface area contributed by atoms with Gasteiger partial charge in [0.05, 0.1) is 0 Å². The van der Waals surface area contributed by atoms with Gasteiger partial charge in [0.15, 0.2) is 0 Å². The summed E-state index contributed by atoms with van der Waals surface area (Å²) in [5, 5.41) is 0. The smallest absolute Gasteiger partial charge is 0.303 e. The molecule has 0 saturated heterocycles. The molecule has 0 aromatic rings. The Kier molecular flexibility index (Phi) is 7.03. The summed E-state index contributed by atoms with van der Waals surface area (Å²) in [6.07, 6.45) is 2.91. The molecule has 2 nitrogen and oxygen atoms in total. The summed E-state index contributed by atoms with van der Waals surface area (Å²) in [4.78, 5) is 10.9. The molecule has 0 bridgehead atoms. The van der Waals surface area contributed by atoms with Crippen LogP contribution in [0.4, 0.5) is 0 Å². The van der Waals surface area contributed by atoms with E-state index in [2.05, 4.69) is 18.4 Å². The van der Waals surface area contributed by atoms with Crippen molar-refractivity contribution in [3.8, 4) is 11.8 Å². The molecule has 0 saturated carbocycles. The first-order chi connectivity index (χ1) is 7.41. The Balaban J connectivity index is 4.30. The van der Waals surface area contributed by atoms with E-state index in [1.54, 1.807) is 0 Å². The number of rotatable bonds is 4. The largest absolute Gasteiger partial charge is 0.457 e. The van der Waals surface area contributed by atoms with E-state index in [9.17, 15) is 4.79 Å². The zero-order valence-electron chi connectivity index (χ0n) is 10.6. The number of allylic oxidation sites excluding steroid dienone is 2. The monoisotopic (exact) mass is 220 g/mol. The third-order valence-corrected chi connectivity index (χ3v) is 1.65. The van der Waals surface area contributed by atoms with Crippen LogP contribution in [0.15, 0.2) is 23.8 Å². The highest BCUT2D eigenvalue weighted by Crippen LogP contribution is 2.04. The van der Waals surface area contributed by atoms with Crippen LogP contribution in [0.5, 0.6) is 0 Å². The van der Waals surface area contributed by atoms with Gasteiger partial charge in [0, 0.05) is 19.8 Å². The number of esters is 1. The van der Waals surface area contributed by atoms with Crippen molar-refractivity contribution in [1.29, 1.82) is 0 Å². The van der Waals surface area contributed by atoms with E-state index in [1.807, 2.05) is 26.8 Å². The van der Waals surface area contributed by atoms with E-state index in [0.29, 0.717) is 12.8 Å². The minimum atomic E-state index is -0.274. The van der Waals surface area contributed by atoms with E-state index < -0.39 is 0 Å². The zero-order valence-corrected chi connectivity index (χ0v) is 10.6. The SMILES string of the molecule is C=C(C)CC#CCC(C=C(C)C)OC(C)=O. The molecule has 0 N–H and O–H groups in total. The molecule has 0 rings (SSSR count). The number of hydrogen-bond donors (Lipinski definition) is 0. The number of ether oxygens (including phenoxy) is 1. The third kappa shape index (κ3) is 9.08. The number of carbonyl (C=O) groups excluding carboxylic acids is 1. The summed E-state index contributed by atoms with van der Waals surface area (Å²) in [6, 6.07) is 0. The van der Waals surface area contributed by atoms with Crippen molar-refractivity contribution in [2.45, 2.75) is 46.6 Å². The lowest BCUT2D eigenvalue weighted by atomic mass is 10.1. The number of carbonyl (C=O) groups is 1. The van der Waals surface area contributed by atoms with Gasteiger partial charge in [0.1, 0.15) is 6.10 Å². The highest BCUT2D eigenvalue weighted by molar-refractivity contribution is 5.66. The average molecular weight is 220 g/mol. The molecule has 1 unspecified atom stereocenters. The predicted molar refractivity (Wildman–Crippen MR) is 66.8 cm³/mol. The van der Waals surface area contributed by atoms with Crippen molar-refractivity contribution in [2.75, 3.05) is 0 Å². The molecule has 0 aliphatic rings. The molecule has 0 spiro atoms. The standard InChI is InChI=1S/C14H20O2/c1-11(2)8-6-7-9-14(10-12(3)4)16-13(5)15/h10,14H,1,8-9H2,2-5H3. The zero-order chi connectivity index (χ0) is 12.6. The normalized spacial score (nSPS) is 10.8. The van der Waals surface area contributed by atoms with Crippen LogP contribution in [-0.4, -0.2) is 12.1 Å². The van der Waals surface area contributed by atoms with E-state index >= 15 is 0 Å². The first-order valence-corrected chi connectivity index (χ1v) is 5.34. The minimum Gasteiger partial charge on any atom is -0.457 e. The highest BCUT2D eigenvalue weighted by atomic mass is 16.5. The molecule has 16 heavy (non-hydrogen) atoms. The van der Waals surface area contributed by atoms with Crippen molar-refractivity contribution in [2.24, 2.45) is 0 Å². The van der Waals surface area contributed by atoms with Gasteiger partial charge < -0.3 is 4.74 Å². The van der Waals surface area contributed by atoms with Crippen molar-refractivity contribution < 1.29 is 9.53 Å². The van der Waals surface area contributed by atoms with Gasteiger partial charge in [0.2, 0.25) is 0 Å². The molecule has 88 valence electrons. The maximum Gasteiger partial charge on any atom is 0.303 e. The van der Waals surface area contributed by atoms with Crippen LogP contribution in [0.2, 0.25) is 0 Å². The van der Waals surface area contributed by atoms with E-state index in [4.69, 9.17) is 4.74 Å². The van der Waals surface area contributed by atoms with Crippen LogP contribution in [-0.2, 0) is 9.53 Å². The van der Waals surface area contributed by atoms with E-state index in [1.165, 1.54) is 6.92 Å². The summed E-state index contributed by atoms with van der Waals surface area (Å²) >= 11 is 0. The summed E-state index contributed by atoms with van der Waals surface area (Å²) in [7, 11) is 0. The fourth-order valence-corrected chi connectivity index (χ4v) is 1.11. The predicted octanol–water partition coefficient (Wildman–Crippen LogP) is 3.24. The average Bonchev–Trinajstić information content (AvgIpc) is 2.09. The summed E-state index contributed by atoms with van der Waals surface area (Å²) in [6.45, 7) is 11.1. The Labute approximate surface area is 98.4 Å². The highest BCUT2D eigenvalue weighted by Gasteiger charge is 2.06. The lowest BCUT2D eigenvalue weighted by Crippen LogP contribution is -2.13. The Bertz CT molecular complexity index is 335. The Morgan fingerprint density at radius 1 is 1.31 bits per heavy atom. The Morgan fingerprint density at radius 2 is 1.94 bits per heavy atom. The topological polar surface area (TPSA) is 26.3 Å². The Hall–Kier alpha value is -1.49. The van der Waals surface area contributed by atoms with Crippen molar-refractivity contribution >= 4 is 5.97 Å². The first-order valence-electron chi connectivity index (χ1n) is 5.34. The first kappa shape index (κ1) is 14.5. The second-order valence-corrected chi connectivity index (χ2v) is 4.08. The second kappa shape index (κ2) is 7.76. The van der Waals surface area contributed by atoms with Crippen molar-refractivity contribution in [3.63, 3.8) is 0 Å². The third-order valence-electron chi connectivity index (χ3n) is 1.65. The molecule has 0 fully saturated rings. The molecular weight excluding hydrogens is 200 g/mol. The molecule has 0 aliphatic heterocycles. The fourth-order valence-electron chi connectivity index (χ4n) is 1.11. The lowest BCUT2D eigenvalue weighted by molar-refractivity contribution is -0.143. The van der Waals surface area contributed by atoms with E-state index in [-0.39, 0.29) is 12.1 Å². The minimum absolute atomic E-state index is 0.236. The molecule has 1 atom stereocenters.